The van der Waals surface area contributed by atoms with Crippen LogP contribution in [0.1, 0.15) is 12.8 Å². The average Bonchev–Trinajstić information content (AvgIpc) is 2.74. The van der Waals surface area contributed by atoms with Gasteiger partial charge in [0.2, 0.25) is 0 Å². The molecule has 1 fully saturated rings. The maximum absolute atomic E-state index is 12.0. The third-order valence-corrected chi connectivity index (χ3v) is 4.75. The Kier molecular flexibility index (Phi) is 5.13. The van der Waals surface area contributed by atoms with Gasteiger partial charge in [-0.25, -0.2) is 0 Å². The lowest BCUT2D eigenvalue weighted by Gasteiger charge is -2.23. The highest BCUT2D eigenvalue weighted by Crippen LogP contribution is 2.17. The van der Waals surface area contributed by atoms with Crippen molar-refractivity contribution in [2.75, 3.05) is 40.4 Å². The number of rotatable bonds is 6. The molecule has 1 heterocycles. The molecule has 1 aliphatic rings. The van der Waals surface area contributed by atoms with Gasteiger partial charge >= 0.3 is 0 Å². The van der Waals surface area contributed by atoms with E-state index in [4.69, 9.17) is 9.84 Å². The van der Waals surface area contributed by atoms with Gasteiger partial charge in [-0.1, -0.05) is 0 Å². The molecule has 1 atom stereocenters. The molecule has 7 heteroatoms. The van der Waals surface area contributed by atoms with E-state index in [1.165, 1.54) is 15.7 Å². The number of methoxy groups -OCH3 is 1. The van der Waals surface area contributed by atoms with E-state index in [0.717, 1.165) is 6.42 Å². The Morgan fingerprint density at radius 3 is 2.75 bits per heavy atom. The molecule has 0 spiro atoms. The van der Waals surface area contributed by atoms with Crippen LogP contribution in [0, 0.1) is 0 Å². The molecule has 0 saturated carbocycles. The van der Waals surface area contributed by atoms with Crippen molar-refractivity contribution < 1.29 is 18.3 Å². The van der Waals surface area contributed by atoms with Crippen LogP contribution in [0.2, 0.25) is 0 Å². The fraction of sp³-hybridized carbons (Fsp3) is 1.00. The van der Waals surface area contributed by atoms with E-state index in [9.17, 15) is 8.42 Å². The summed E-state index contributed by atoms with van der Waals surface area (Å²) in [6.45, 7) is 1.26. The summed E-state index contributed by atoms with van der Waals surface area (Å²) in [4.78, 5) is 0. The maximum Gasteiger partial charge on any atom is 0.281 e. The van der Waals surface area contributed by atoms with Crippen molar-refractivity contribution >= 4 is 10.2 Å². The van der Waals surface area contributed by atoms with Crippen LogP contribution in [0.4, 0.5) is 0 Å². The predicted molar refractivity (Wildman–Crippen MR) is 60.2 cm³/mol. The SMILES string of the molecule is COC1CCN(S(=O)(=O)N(C)CCCO)C1. The number of hydrogen-bond donors (Lipinski definition) is 1. The van der Waals surface area contributed by atoms with Gasteiger partial charge < -0.3 is 9.84 Å². The second-order valence-electron chi connectivity index (χ2n) is 3.91. The highest BCUT2D eigenvalue weighted by Gasteiger charge is 2.33. The minimum atomic E-state index is -3.38. The van der Waals surface area contributed by atoms with E-state index in [2.05, 4.69) is 0 Å². The van der Waals surface area contributed by atoms with Crippen LogP contribution in [0.15, 0.2) is 0 Å². The molecule has 1 N–H and O–H groups in total. The van der Waals surface area contributed by atoms with E-state index < -0.39 is 10.2 Å². The van der Waals surface area contributed by atoms with Crippen molar-refractivity contribution in [3.8, 4) is 0 Å². The Labute approximate surface area is 97.0 Å². The van der Waals surface area contributed by atoms with Gasteiger partial charge in [0.1, 0.15) is 0 Å². The zero-order valence-electron chi connectivity index (χ0n) is 9.79. The molecule has 1 aliphatic heterocycles. The summed E-state index contributed by atoms with van der Waals surface area (Å²) in [6, 6.07) is 0. The smallest absolute Gasteiger partial charge is 0.281 e. The van der Waals surface area contributed by atoms with Crippen LogP contribution in [0.25, 0.3) is 0 Å². The van der Waals surface area contributed by atoms with Crippen LogP contribution < -0.4 is 0 Å². The average molecular weight is 252 g/mol. The predicted octanol–water partition coefficient (Wildman–Crippen LogP) is -0.734. The van der Waals surface area contributed by atoms with Gasteiger partial charge in [0.05, 0.1) is 6.10 Å². The van der Waals surface area contributed by atoms with Crippen molar-refractivity contribution in [3.63, 3.8) is 0 Å². The zero-order chi connectivity index (χ0) is 12.2. The van der Waals surface area contributed by atoms with Crippen LogP contribution in [-0.2, 0) is 14.9 Å². The van der Waals surface area contributed by atoms with Crippen LogP contribution in [0.5, 0.6) is 0 Å². The van der Waals surface area contributed by atoms with Crippen molar-refractivity contribution in [2.24, 2.45) is 0 Å². The van der Waals surface area contributed by atoms with Gasteiger partial charge in [-0.15, -0.1) is 0 Å². The van der Waals surface area contributed by atoms with E-state index in [0.29, 0.717) is 26.1 Å². The molecule has 0 bridgehead atoms. The molecular weight excluding hydrogens is 232 g/mol. The third-order valence-electron chi connectivity index (χ3n) is 2.79. The largest absolute Gasteiger partial charge is 0.396 e. The molecule has 0 aromatic rings. The monoisotopic (exact) mass is 252 g/mol. The molecule has 0 aliphatic carbocycles. The third kappa shape index (κ3) is 3.14. The van der Waals surface area contributed by atoms with Gasteiger partial charge in [-0.2, -0.15) is 17.0 Å². The number of aliphatic hydroxyl groups excluding tert-OH is 1. The first-order valence-corrected chi connectivity index (χ1v) is 6.77. The fourth-order valence-corrected chi connectivity index (χ4v) is 3.15. The summed E-state index contributed by atoms with van der Waals surface area (Å²) in [5.74, 6) is 0. The molecule has 0 aromatic heterocycles. The Bertz CT molecular complexity index is 307. The Hall–Kier alpha value is -0.210. The van der Waals surface area contributed by atoms with E-state index in [1.807, 2.05) is 0 Å². The fourth-order valence-electron chi connectivity index (χ4n) is 1.71. The molecule has 0 radical (unpaired) electrons. The highest BCUT2D eigenvalue weighted by molar-refractivity contribution is 7.86. The van der Waals surface area contributed by atoms with Crippen molar-refractivity contribution in [1.82, 2.24) is 8.61 Å². The first-order chi connectivity index (χ1) is 7.52. The Balaban J connectivity index is 2.57. The first kappa shape index (κ1) is 13.9. The van der Waals surface area contributed by atoms with Crippen molar-refractivity contribution in [2.45, 2.75) is 18.9 Å². The summed E-state index contributed by atoms with van der Waals surface area (Å²) in [5.41, 5.74) is 0. The number of aliphatic hydroxyl groups is 1. The van der Waals surface area contributed by atoms with E-state index >= 15 is 0 Å². The molecule has 1 saturated heterocycles. The second-order valence-corrected chi connectivity index (χ2v) is 5.95. The van der Waals surface area contributed by atoms with Gasteiger partial charge in [0.15, 0.2) is 0 Å². The summed E-state index contributed by atoms with van der Waals surface area (Å²) in [7, 11) is -0.252. The summed E-state index contributed by atoms with van der Waals surface area (Å²) >= 11 is 0. The normalized spacial score (nSPS) is 23.1. The van der Waals surface area contributed by atoms with Crippen molar-refractivity contribution in [1.29, 1.82) is 0 Å². The maximum atomic E-state index is 12.0. The standard InChI is InChI=1S/C9H20N2O4S/c1-10(5-3-7-12)16(13,14)11-6-4-9(8-11)15-2/h9,12H,3-8H2,1-2H3. The zero-order valence-corrected chi connectivity index (χ0v) is 10.6. The number of ether oxygens (including phenoxy) is 1. The second kappa shape index (κ2) is 5.92. The minimum Gasteiger partial charge on any atom is -0.396 e. The van der Waals surface area contributed by atoms with Gasteiger partial charge in [0.25, 0.3) is 10.2 Å². The molecule has 1 rings (SSSR count). The minimum absolute atomic E-state index is 0.000552. The number of hydrogen-bond acceptors (Lipinski definition) is 4. The lowest BCUT2D eigenvalue weighted by molar-refractivity contribution is 0.114. The quantitative estimate of drug-likeness (QED) is 0.676. The Morgan fingerprint density at radius 2 is 2.25 bits per heavy atom. The highest BCUT2D eigenvalue weighted by atomic mass is 32.2. The first-order valence-electron chi connectivity index (χ1n) is 5.37. The van der Waals surface area contributed by atoms with Gasteiger partial charge in [-0.05, 0) is 12.8 Å². The summed E-state index contributed by atoms with van der Waals surface area (Å²) in [5, 5.41) is 8.67. The molecule has 96 valence electrons. The lowest BCUT2D eigenvalue weighted by atomic mass is 10.3. The van der Waals surface area contributed by atoms with Gasteiger partial charge in [0, 0.05) is 40.4 Å². The summed E-state index contributed by atoms with van der Waals surface area (Å²) in [6.07, 6.45) is 1.20. The Morgan fingerprint density at radius 1 is 1.56 bits per heavy atom. The van der Waals surface area contributed by atoms with Crippen LogP contribution in [-0.4, -0.2) is 68.6 Å². The topological polar surface area (TPSA) is 70.1 Å². The molecule has 0 aromatic carbocycles. The number of nitrogens with zero attached hydrogens (tertiary/aromatic N) is 2. The van der Waals surface area contributed by atoms with E-state index in [-0.39, 0.29) is 12.7 Å². The molecule has 0 amide bonds. The lowest BCUT2D eigenvalue weighted by Crippen LogP contribution is -2.41. The summed E-state index contributed by atoms with van der Waals surface area (Å²) < 4.78 is 31.9. The van der Waals surface area contributed by atoms with E-state index in [1.54, 1.807) is 7.11 Å². The molecule has 1 unspecified atom stereocenters. The molecule has 6 nitrogen and oxygen atoms in total. The molecule has 16 heavy (non-hydrogen) atoms. The van der Waals surface area contributed by atoms with Gasteiger partial charge in [-0.3, -0.25) is 0 Å². The molecular formula is C9H20N2O4S. The van der Waals surface area contributed by atoms with Crippen LogP contribution in [0.3, 0.4) is 0 Å². The van der Waals surface area contributed by atoms with Crippen molar-refractivity contribution in [3.05, 3.63) is 0 Å². The van der Waals surface area contributed by atoms with Crippen LogP contribution >= 0.6 is 0 Å².